The van der Waals surface area contributed by atoms with Crippen LogP contribution in [0.4, 0.5) is 5.69 Å². The predicted molar refractivity (Wildman–Crippen MR) is 54.0 cm³/mol. The molecule has 14 heavy (non-hydrogen) atoms. The first kappa shape index (κ1) is 8.43. The molecule has 0 bridgehead atoms. The molecular formula is C9H9N5. The van der Waals surface area contributed by atoms with Crippen LogP contribution in [-0.4, -0.2) is 20.6 Å². The molecule has 3 N–H and O–H groups in total. The molecule has 0 unspecified atom stereocenters. The Balaban J connectivity index is 2.18. The summed E-state index contributed by atoms with van der Waals surface area (Å²) in [6, 6.07) is 7.56. The zero-order valence-corrected chi connectivity index (χ0v) is 7.38. The Morgan fingerprint density at radius 3 is 2.93 bits per heavy atom. The largest absolute Gasteiger partial charge is 0.399 e. The van der Waals surface area contributed by atoms with Crippen LogP contribution in [0.3, 0.4) is 0 Å². The molecule has 0 saturated heterocycles. The maximum absolute atomic E-state index is 5.62. The lowest BCUT2D eigenvalue weighted by Crippen LogP contribution is -1.83. The molecule has 70 valence electrons. The first-order chi connectivity index (χ1) is 6.84. The third-order valence-electron chi connectivity index (χ3n) is 1.70. The fourth-order valence-corrected chi connectivity index (χ4v) is 1.07. The first-order valence-electron chi connectivity index (χ1n) is 4.12. The number of aromatic nitrogens is 4. The Kier molecular flexibility index (Phi) is 2.22. The monoisotopic (exact) mass is 187 g/mol. The summed E-state index contributed by atoms with van der Waals surface area (Å²) in [5.41, 5.74) is 7.37. The zero-order chi connectivity index (χ0) is 9.80. The minimum absolute atomic E-state index is 0.549. The number of tetrazole rings is 1. The molecule has 2 rings (SSSR count). The summed E-state index contributed by atoms with van der Waals surface area (Å²) in [7, 11) is 0. The Morgan fingerprint density at radius 1 is 1.29 bits per heavy atom. The van der Waals surface area contributed by atoms with Crippen LogP contribution in [0.25, 0.3) is 12.2 Å². The summed E-state index contributed by atoms with van der Waals surface area (Å²) in [6.07, 6.45) is 3.64. The van der Waals surface area contributed by atoms with Crippen molar-refractivity contribution < 1.29 is 0 Å². The van der Waals surface area contributed by atoms with Gasteiger partial charge in [0.05, 0.1) is 0 Å². The SMILES string of the molecule is Nc1cccc(C=Cc2nn[nH]n2)c1. The predicted octanol–water partition coefficient (Wildman–Crippen LogP) is 0.952. The van der Waals surface area contributed by atoms with Gasteiger partial charge in [-0.15, -0.1) is 10.2 Å². The molecule has 0 saturated carbocycles. The van der Waals surface area contributed by atoms with E-state index in [1.165, 1.54) is 0 Å². The van der Waals surface area contributed by atoms with Crippen molar-refractivity contribution in [2.24, 2.45) is 0 Å². The molecular weight excluding hydrogens is 178 g/mol. The Labute approximate surface area is 80.6 Å². The molecule has 1 aromatic carbocycles. The molecule has 0 fully saturated rings. The van der Waals surface area contributed by atoms with Crippen LogP contribution in [-0.2, 0) is 0 Å². The average Bonchev–Trinajstić information content (AvgIpc) is 2.67. The van der Waals surface area contributed by atoms with Crippen molar-refractivity contribution in [1.82, 2.24) is 20.6 Å². The molecule has 0 aliphatic carbocycles. The summed E-state index contributed by atoms with van der Waals surface area (Å²) in [4.78, 5) is 0. The smallest absolute Gasteiger partial charge is 0.197 e. The lowest BCUT2D eigenvalue weighted by Gasteiger charge is -1.93. The van der Waals surface area contributed by atoms with E-state index in [1.807, 2.05) is 30.3 Å². The highest BCUT2D eigenvalue weighted by Gasteiger charge is 1.91. The molecule has 0 radical (unpaired) electrons. The number of nitrogens with zero attached hydrogens (tertiary/aromatic N) is 3. The maximum Gasteiger partial charge on any atom is 0.197 e. The van der Waals surface area contributed by atoms with Gasteiger partial charge in [0.15, 0.2) is 5.82 Å². The summed E-state index contributed by atoms with van der Waals surface area (Å²) in [5, 5.41) is 13.4. The highest BCUT2D eigenvalue weighted by Crippen LogP contribution is 2.09. The van der Waals surface area contributed by atoms with Crippen LogP contribution < -0.4 is 5.73 Å². The molecule has 2 aromatic rings. The van der Waals surface area contributed by atoms with E-state index < -0.39 is 0 Å². The quantitative estimate of drug-likeness (QED) is 0.686. The highest BCUT2D eigenvalue weighted by atomic mass is 15.5. The number of nitrogens with one attached hydrogen (secondary N) is 1. The molecule has 5 nitrogen and oxygen atoms in total. The van der Waals surface area contributed by atoms with Crippen molar-refractivity contribution in [1.29, 1.82) is 0 Å². The second-order valence-corrected chi connectivity index (χ2v) is 2.77. The van der Waals surface area contributed by atoms with E-state index in [2.05, 4.69) is 20.6 Å². The van der Waals surface area contributed by atoms with Crippen molar-refractivity contribution in [3.63, 3.8) is 0 Å². The number of hydrogen-bond acceptors (Lipinski definition) is 4. The average molecular weight is 187 g/mol. The number of rotatable bonds is 2. The third kappa shape index (κ3) is 1.95. The van der Waals surface area contributed by atoms with Crippen molar-refractivity contribution >= 4 is 17.8 Å². The fourth-order valence-electron chi connectivity index (χ4n) is 1.07. The van der Waals surface area contributed by atoms with Gasteiger partial charge in [-0.1, -0.05) is 18.2 Å². The molecule has 0 amide bonds. The van der Waals surface area contributed by atoms with E-state index in [4.69, 9.17) is 5.73 Å². The Bertz CT molecular complexity index is 432. The maximum atomic E-state index is 5.62. The van der Waals surface area contributed by atoms with E-state index in [1.54, 1.807) is 6.08 Å². The van der Waals surface area contributed by atoms with Crippen LogP contribution in [0.2, 0.25) is 0 Å². The van der Waals surface area contributed by atoms with Gasteiger partial charge in [-0.2, -0.15) is 5.21 Å². The minimum Gasteiger partial charge on any atom is -0.399 e. The first-order valence-corrected chi connectivity index (χ1v) is 4.12. The highest BCUT2D eigenvalue weighted by molar-refractivity contribution is 5.68. The van der Waals surface area contributed by atoms with Gasteiger partial charge < -0.3 is 5.73 Å². The van der Waals surface area contributed by atoms with Crippen LogP contribution >= 0.6 is 0 Å². The summed E-state index contributed by atoms with van der Waals surface area (Å²) < 4.78 is 0. The van der Waals surface area contributed by atoms with Gasteiger partial charge >= 0.3 is 0 Å². The topological polar surface area (TPSA) is 80.5 Å². The summed E-state index contributed by atoms with van der Waals surface area (Å²) in [6.45, 7) is 0. The van der Waals surface area contributed by atoms with Gasteiger partial charge in [0, 0.05) is 5.69 Å². The van der Waals surface area contributed by atoms with E-state index in [0.717, 1.165) is 11.3 Å². The second kappa shape index (κ2) is 3.69. The minimum atomic E-state index is 0.549. The molecule has 5 heteroatoms. The number of nitrogens with two attached hydrogens (primary N) is 1. The van der Waals surface area contributed by atoms with Crippen molar-refractivity contribution in [2.75, 3.05) is 5.73 Å². The van der Waals surface area contributed by atoms with Gasteiger partial charge in [-0.3, -0.25) is 0 Å². The molecule has 1 aromatic heterocycles. The summed E-state index contributed by atoms with van der Waals surface area (Å²) in [5.74, 6) is 0.549. The van der Waals surface area contributed by atoms with E-state index in [9.17, 15) is 0 Å². The van der Waals surface area contributed by atoms with Gasteiger partial charge in [-0.25, -0.2) is 0 Å². The normalized spacial score (nSPS) is 10.9. The number of H-pyrrole nitrogens is 1. The standard InChI is InChI=1S/C9H9N5/c10-8-3-1-2-7(6-8)4-5-9-11-13-14-12-9/h1-6H,10H2,(H,11,12,13,14). The lowest BCUT2D eigenvalue weighted by molar-refractivity contribution is 0.881. The second-order valence-electron chi connectivity index (χ2n) is 2.77. The van der Waals surface area contributed by atoms with Gasteiger partial charge in [0.2, 0.25) is 0 Å². The van der Waals surface area contributed by atoms with Gasteiger partial charge in [0.25, 0.3) is 0 Å². The molecule has 0 spiro atoms. The number of hydrogen-bond donors (Lipinski definition) is 2. The van der Waals surface area contributed by atoms with E-state index >= 15 is 0 Å². The number of nitrogen functional groups attached to an aromatic ring is 1. The van der Waals surface area contributed by atoms with E-state index in [-0.39, 0.29) is 0 Å². The van der Waals surface area contributed by atoms with Crippen molar-refractivity contribution in [3.05, 3.63) is 35.7 Å². The van der Waals surface area contributed by atoms with Crippen LogP contribution in [0.1, 0.15) is 11.4 Å². The number of benzene rings is 1. The third-order valence-corrected chi connectivity index (χ3v) is 1.70. The molecule has 0 aliphatic rings. The number of anilines is 1. The van der Waals surface area contributed by atoms with Crippen molar-refractivity contribution in [2.45, 2.75) is 0 Å². The molecule has 1 heterocycles. The molecule has 0 atom stereocenters. The molecule has 0 aliphatic heterocycles. The fraction of sp³-hybridized carbons (Fsp3) is 0. The van der Waals surface area contributed by atoms with Gasteiger partial charge in [0.1, 0.15) is 0 Å². The lowest BCUT2D eigenvalue weighted by atomic mass is 10.2. The van der Waals surface area contributed by atoms with Crippen LogP contribution in [0, 0.1) is 0 Å². The zero-order valence-electron chi connectivity index (χ0n) is 7.38. The number of aromatic amines is 1. The Hall–Kier alpha value is -2.17. The Morgan fingerprint density at radius 2 is 2.21 bits per heavy atom. The van der Waals surface area contributed by atoms with Crippen molar-refractivity contribution in [3.8, 4) is 0 Å². The summed E-state index contributed by atoms with van der Waals surface area (Å²) >= 11 is 0. The van der Waals surface area contributed by atoms with E-state index in [0.29, 0.717) is 5.82 Å². The van der Waals surface area contributed by atoms with Crippen LogP contribution in [0.15, 0.2) is 24.3 Å². The van der Waals surface area contributed by atoms with Gasteiger partial charge in [-0.05, 0) is 29.0 Å². The van der Waals surface area contributed by atoms with Crippen LogP contribution in [0.5, 0.6) is 0 Å².